The Morgan fingerprint density at radius 1 is 1.47 bits per heavy atom. The second-order valence-corrected chi connectivity index (χ2v) is 2.61. The van der Waals surface area contributed by atoms with Crippen molar-refractivity contribution in [1.29, 1.82) is 0 Å². The van der Waals surface area contributed by atoms with Crippen LogP contribution >= 0.6 is 0 Å². The molecule has 0 aliphatic rings. The van der Waals surface area contributed by atoms with Crippen LogP contribution in [0.3, 0.4) is 0 Å². The molecule has 0 bridgehead atoms. The van der Waals surface area contributed by atoms with Crippen LogP contribution in [0.15, 0.2) is 37.0 Å². The molecular formula is C12H22N2O. The molecule has 0 saturated heterocycles. The first-order chi connectivity index (χ1) is 7.15. The maximum atomic E-state index is 11.0. The standard InChI is InChI=1S/C10H16N2O.C2H6/c1-4-6-8(5-2)7-9(11)10(13)12-3;1-2/h4-6,9H,1-2,7,11H2,3H3,(H,12,13);1-2H3/b8-6+;. The number of carbonyl (C=O) groups excluding carboxylic acids is 1. The molecule has 0 aromatic carbocycles. The van der Waals surface area contributed by atoms with Crippen molar-refractivity contribution in [3.63, 3.8) is 0 Å². The molecule has 0 aromatic rings. The number of hydrogen-bond donors (Lipinski definition) is 2. The Morgan fingerprint density at radius 2 is 2.00 bits per heavy atom. The summed E-state index contributed by atoms with van der Waals surface area (Å²) in [5.41, 5.74) is 6.51. The van der Waals surface area contributed by atoms with Gasteiger partial charge < -0.3 is 11.1 Å². The van der Waals surface area contributed by atoms with E-state index in [0.717, 1.165) is 5.57 Å². The minimum absolute atomic E-state index is 0.170. The Bertz CT molecular complexity index is 232. The van der Waals surface area contributed by atoms with Crippen LogP contribution < -0.4 is 11.1 Å². The van der Waals surface area contributed by atoms with Crippen LogP contribution in [0.4, 0.5) is 0 Å². The Kier molecular flexibility index (Phi) is 11.5. The third-order valence-electron chi connectivity index (χ3n) is 1.63. The van der Waals surface area contributed by atoms with Gasteiger partial charge in [0.2, 0.25) is 5.91 Å². The zero-order valence-corrected chi connectivity index (χ0v) is 9.92. The van der Waals surface area contributed by atoms with Crippen molar-refractivity contribution >= 4 is 5.91 Å². The summed E-state index contributed by atoms with van der Waals surface area (Å²) in [4.78, 5) is 11.0. The third-order valence-corrected chi connectivity index (χ3v) is 1.63. The first-order valence-electron chi connectivity index (χ1n) is 5.07. The monoisotopic (exact) mass is 210 g/mol. The quantitative estimate of drug-likeness (QED) is 0.679. The number of amides is 1. The van der Waals surface area contributed by atoms with Gasteiger partial charge in [-0.3, -0.25) is 4.79 Å². The van der Waals surface area contributed by atoms with Gasteiger partial charge in [-0.25, -0.2) is 0 Å². The van der Waals surface area contributed by atoms with Crippen molar-refractivity contribution in [3.8, 4) is 0 Å². The van der Waals surface area contributed by atoms with Crippen LogP contribution in [0.2, 0.25) is 0 Å². The smallest absolute Gasteiger partial charge is 0.237 e. The van der Waals surface area contributed by atoms with Gasteiger partial charge in [-0.2, -0.15) is 0 Å². The minimum Gasteiger partial charge on any atom is -0.358 e. The topological polar surface area (TPSA) is 55.1 Å². The number of nitrogens with one attached hydrogen (secondary N) is 1. The lowest BCUT2D eigenvalue weighted by Crippen LogP contribution is -2.38. The maximum Gasteiger partial charge on any atom is 0.237 e. The van der Waals surface area contributed by atoms with Crippen LogP contribution in [0, 0.1) is 0 Å². The van der Waals surface area contributed by atoms with Crippen LogP contribution in [-0.4, -0.2) is 19.0 Å². The van der Waals surface area contributed by atoms with E-state index in [1.807, 2.05) is 13.8 Å². The molecule has 0 saturated carbocycles. The molecule has 1 amide bonds. The van der Waals surface area contributed by atoms with Gasteiger partial charge in [0.15, 0.2) is 0 Å². The molecule has 0 aliphatic carbocycles. The summed E-state index contributed by atoms with van der Waals surface area (Å²) in [6.07, 6.45) is 5.59. The van der Waals surface area contributed by atoms with Gasteiger partial charge in [0.05, 0.1) is 6.04 Å². The molecule has 15 heavy (non-hydrogen) atoms. The van der Waals surface area contributed by atoms with Gasteiger partial charge in [-0.15, -0.1) is 0 Å². The van der Waals surface area contributed by atoms with E-state index in [1.165, 1.54) is 0 Å². The summed E-state index contributed by atoms with van der Waals surface area (Å²) < 4.78 is 0. The predicted octanol–water partition coefficient (Wildman–Crippen LogP) is 1.77. The number of nitrogens with two attached hydrogens (primary N) is 1. The van der Waals surface area contributed by atoms with Gasteiger partial charge in [-0.1, -0.05) is 45.2 Å². The molecule has 0 heterocycles. The Balaban J connectivity index is 0. The van der Waals surface area contributed by atoms with Gasteiger partial charge >= 0.3 is 0 Å². The lowest BCUT2D eigenvalue weighted by molar-refractivity contribution is -0.121. The van der Waals surface area contributed by atoms with E-state index in [4.69, 9.17) is 5.73 Å². The highest BCUT2D eigenvalue weighted by atomic mass is 16.2. The second kappa shape index (κ2) is 10.7. The fraction of sp³-hybridized carbons (Fsp3) is 0.417. The molecule has 3 N–H and O–H groups in total. The number of carbonyl (C=O) groups is 1. The normalized spacial score (nSPS) is 11.9. The molecular weight excluding hydrogens is 188 g/mol. The molecule has 1 unspecified atom stereocenters. The molecule has 0 fully saturated rings. The minimum atomic E-state index is -0.519. The molecule has 0 aliphatic heterocycles. The highest BCUT2D eigenvalue weighted by Gasteiger charge is 2.11. The van der Waals surface area contributed by atoms with E-state index in [1.54, 1.807) is 25.3 Å². The van der Waals surface area contributed by atoms with Crippen molar-refractivity contribution < 1.29 is 4.79 Å². The summed E-state index contributed by atoms with van der Waals surface area (Å²) in [5, 5.41) is 2.49. The molecule has 0 spiro atoms. The van der Waals surface area contributed by atoms with Crippen LogP contribution in [0.25, 0.3) is 0 Å². The molecule has 0 aromatic heterocycles. The molecule has 0 radical (unpaired) electrons. The molecule has 3 heteroatoms. The Hall–Kier alpha value is -1.35. The van der Waals surface area contributed by atoms with Crippen LogP contribution in [-0.2, 0) is 4.79 Å². The van der Waals surface area contributed by atoms with Gasteiger partial charge in [0.1, 0.15) is 0 Å². The highest BCUT2D eigenvalue weighted by Crippen LogP contribution is 2.05. The van der Waals surface area contributed by atoms with Crippen molar-refractivity contribution in [2.24, 2.45) is 5.73 Å². The fourth-order valence-corrected chi connectivity index (χ4v) is 0.903. The summed E-state index contributed by atoms with van der Waals surface area (Å²) >= 11 is 0. The van der Waals surface area contributed by atoms with Crippen molar-refractivity contribution in [3.05, 3.63) is 37.0 Å². The van der Waals surface area contributed by atoms with Gasteiger partial charge in [-0.05, 0) is 12.0 Å². The lowest BCUT2D eigenvalue weighted by Gasteiger charge is -2.09. The van der Waals surface area contributed by atoms with E-state index in [-0.39, 0.29) is 5.91 Å². The Morgan fingerprint density at radius 3 is 2.33 bits per heavy atom. The first-order valence-corrected chi connectivity index (χ1v) is 5.07. The molecule has 3 nitrogen and oxygen atoms in total. The van der Waals surface area contributed by atoms with E-state index < -0.39 is 6.04 Å². The maximum absolute atomic E-state index is 11.0. The summed E-state index contributed by atoms with van der Waals surface area (Å²) in [6, 6.07) is -0.519. The number of allylic oxidation sites excluding steroid dienone is 3. The predicted molar refractivity (Wildman–Crippen MR) is 66.5 cm³/mol. The van der Waals surface area contributed by atoms with Crippen molar-refractivity contribution in [2.45, 2.75) is 26.3 Å². The van der Waals surface area contributed by atoms with Crippen molar-refractivity contribution in [2.75, 3.05) is 7.05 Å². The first kappa shape index (κ1) is 16.1. The number of likely N-dealkylation sites (N-methyl/N-ethyl adjacent to an activating group) is 1. The number of hydrogen-bond acceptors (Lipinski definition) is 2. The Labute approximate surface area is 92.7 Å². The average molecular weight is 210 g/mol. The van der Waals surface area contributed by atoms with E-state index in [9.17, 15) is 4.79 Å². The lowest BCUT2D eigenvalue weighted by atomic mass is 10.1. The van der Waals surface area contributed by atoms with Crippen molar-refractivity contribution in [1.82, 2.24) is 5.32 Å². The second-order valence-electron chi connectivity index (χ2n) is 2.61. The zero-order valence-electron chi connectivity index (χ0n) is 9.92. The molecule has 1 atom stereocenters. The largest absolute Gasteiger partial charge is 0.358 e. The average Bonchev–Trinajstić information content (AvgIpc) is 2.29. The third kappa shape index (κ3) is 7.70. The fourth-order valence-electron chi connectivity index (χ4n) is 0.903. The summed E-state index contributed by atoms with van der Waals surface area (Å²) in [6.45, 7) is 11.2. The SMILES string of the molecule is C=C/C=C(\C=C)CC(N)C(=O)NC.CC. The van der Waals surface area contributed by atoms with E-state index >= 15 is 0 Å². The summed E-state index contributed by atoms with van der Waals surface area (Å²) in [7, 11) is 1.56. The van der Waals surface area contributed by atoms with E-state index in [2.05, 4.69) is 18.5 Å². The van der Waals surface area contributed by atoms with E-state index in [0.29, 0.717) is 6.42 Å². The summed E-state index contributed by atoms with van der Waals surface area (Å²) in [5.74, 6) is -0.170. The van der Waals surface area contributed by atoms with Crippen LogP contribution in [0.5, 0.6) is 0 Å². The highest BCUT2D eigenvalue weighted by molar-refractivity contribution is 5.81. The molecule has 86 valence electrons. The number of rotatable bonds is 5. The van der Waals surface area contributed by atoms with Gasteiger partial charge in [0, 0.05) is 7.05 Å². The molecule has 0 rings (SSSR count). The zero-order chi connectivity index (χ0) is 12.3. The van der Waals surface area contributed by atoms with Gasteiger partial charge in [0.25, 0.3) is 0 Å². The van der Waals surface area contributed by atoms with Crippen LogP contribution in [0.1, 0.15) is 20.3 Å².